The van der Waals surface area contributed by atoms with E-state index >= 15 is 0 Å². The van der Waals surface area contributed by atoms with Crippen LogP contribution in [0.3, 0.4) is 0 Å². The van der Waals surface area contributed by atoms with Crippen LogP contribution in [-0.2, 0) is 0 Å². The molecule has 172 valence electrons. The van der Waals surface area contributed by atoms with Crippen molar-refractivity contribution in [1.29, 1.82) is 0 Å². The number of rotatable bonds is 4. The Bertz CT molecular complexity index is 1360. The molecule has 2 aromatic carbocycles. The lowest BCUT2D eigenvalue weighted by atomic mass is 10.1. The number of carbonyl (C=O) groups excluding carboxylic acids is 1. The first-order chi connectivity index (χ1) is 16.6. The third kappa shape index (κ3) is 3.76. The Hall–Kier alpha value is -3.88. The van der Waals surface area contributed by atoms with Crippen LogP contribution < -0.4 is 4.90 Å². The van der Waals surface area contributed by atoms with Crippen molar-refractivity contribution in [3.8, 4) is 5.69 Å². The van der Waals surface area contributed by atoms with Crippen molar-refractivity contribution in [3.63, 3.8) is 0 Å². The molecular formula is C25H22F2N6O. The molecule has 1 aliphatic carbocycles. The fourth-order valence-corrected chi connectivity index (χ4v) is 4.34. The lowest BCUT2D eigenvalue weighted by molar-refractivity contribution is 0.0746. The van der Waals surface area contributed by atoms with Crippen LogP contribution in [-0.4, -0.2) is 56.7 Å². The first-order valence-corrected chi connectivity index (χ1v) is 11.4. The molecule has 2 aliphatic rings. The fourth-order valence-electron chi connectivity index (χ4n) is 4.34. The number of piperazine rings is 1. The fraction of sp³-hybridized carbons (Fsp3) is 0.280. The first-order valence-electron chi connectivity index (χ1n) is 11.4. The predicted octanol–water partition coefficient (Wildman–Crippen LogP) is 3.93. The Balaban J connectivity index is 1.29. The maximum absolute atomic E-state index is 13.4. The topological polar surface area (TPSA) is 67.2 Å². The lowest BCUT2D eigenvalue weighted by Crippen LogP contribution is -2.49. The number of hydrogen-bond donors (Lipinski definition) is 0. The molecule has 0 bridgehead atoms. The Morgan fingerprint density at radius 3 is 2.15 bits per heavy atom. The standard InChI is InChI=1S/C25H22F2N6O/c26-18-5-3-17(4-6-18)25(34)32-13-11-31(12-14-32)23-21-15-28-33(20-9-7-19(27)8-10-20)24(21)30-22(29-23)16-1-2-16/h3-10,15-16H,1-2,11-14H2. The second-order valence-corrected chi connectivity index (χ2v) is 8.74. The van der Waals surface area contributed by atoms with Crippen LogP contribution in [0.25, 0.3) is 16.7 Å². The van der Waals surface area contributed by atoms with Gasteiger partial charge in [-0.05, 0) is 61.4 Å². The van der Waals surface area contributed by atoms with Crippen LogP contribution in [0.5, 0.6) is 0 Å². The summed E-state index contributed by atoms with van der Waals surface area (Å²) < 4.78 is 28.4. The van der Waals surface area contributed by atoms with Gasteiger partial charge in [0.2, 0.25) is 0 Å². The third-order valence-corrected chi connectivity index (χ3v) is 6.40. The minimum absolute atomic E-state index is 0.102. The van der Waals surface area contributed by atoms with Gasteiger partial charge in [0.1, 0.15) is 23.3 Å². The monoisotopic (exact) mass is 460 g/mol. The third-order valence-electron chi connectivity index (χ3n) is 6.40. The van der Waals surface area contributed by atoms with E-state index in [0.717, 1.165) is 35.6 Å². The molecule has 9 heteroatoms. The molecule has 3 heterocycles. The smallest absolute Gasteiger partial charge is 0.253 e. The van der Waals surface area contributed by atoms with Gasteiger partial charge in [-0.15, -0.1) is 0 Å². The summed E-state index contributed by atoms with van der Waals surface area (Å²) in [7, 11) is 0. The van der Waals surface area contributed by atoms with Gasteiger partial charge in [-0.2, -0.15) is 5.10 Å². The molecule has 1 saturated carbocycles. The van der Waals surface area contributed by atoms with Crippen molar-refractivity contribution in [1.82, 2.24) is 24.6 Å². The molecule has 0 unspecified atom stereocenters. The number of nitrogens with zero attached hydrogens (tertiary/aromatic N) is 6. The van der Waals surface area contributed by atoms with Gasteiger partial charge < -0.3 is 9.80 Å². The molecule has 34 heavy (non-hydrogen) atoms. The SMILES string of the molecule is O=C(c1ccc(F)cc1)N1CCN(c2nc(C3CC3)nc3c2cnn3-c2ccc(F)cc2)CC1. The molecule has 7 nitrogen and oxygen atoms in total. The summed E-state index contributed by atoms with van der Waals surface area (Å²) in [6, 6.07) is 11.8. The van der Waals surface area contributed by atoms with E-state index in [2.05, 4.69) is 10.00 Å². The largest absolute Gasteiger partial charge is 0.352 e. The number of halogens is 2. The molecule has 1 saturated heterocycles. The zero-order chi connectivity index (χ0) is 23.2. The normalized spacial score (nSPS) is 16.3. The van der Waals surface area contributed by atoms with Crippen LogP contribution in [0, 0.1) is 11.6 Å². The summed E-state index contributed by atoms with van der Waals surface area (Å²) in [5, 5.41) is 5.36. The second kappa shape index (κ2) is 8.16. The number of aromatic nitrogens is 4. The van der Waals surface area contributed by atoms with Gasteiger partial charge >= 0.3 is 0 Å². The minimum Gasteiger partial charge on any atom is -0.352 e. The highest BCUT2D eigenvalue weighted by atomic mass is 19.1. The summed E-state index contributed by atoms with van der Waals surface area (Å²) in [6.45, 7) is 2.30. The van der Waals surface area contributed by atoms with Crippen molar-refractivity contribution in [2.24, 2.45) is 0 Å². The predicted molar refractivity (Wildman–Crippen MR) is 123 cm³/mol. The lowest BCUT2D eigenvalue weighted by Gasteiger charge is -2.35. The average molecular weight is 460 g/mol. The quantitative estimate of drug-likeness (QED) is 0.462. The number of fused-ring (bicyclic) bond motifs is 1. The van der Waals surface area contributed by atoms with Gasteiger partial charge in [0.05, 0.1) is 17.3 Å². The molecule has 6 rings (SSSR count). The maximum Gasteiger partial charge on any atom is 0.253 e. The number of carbonyl (C=O) groups is 1. The second-order valence-electron chi connectivity index (χ2n) is 8.74. The summed E-state index contributed by atoms with van der Waals surface area (Å²) in [5.74, 6) is 1.20. The Morgan fingerprint density at radius 1 is 0.853 bits per heavy atom. The van der Waals surface area contributed by atoms with Gasteiger partial charge in [0, 0.05) is 37.7 Å². The van der Waals surface area contributed by atoms with Crippen molar-refractivity contribution in [2.75, 3.05) is 31.1 Å². The zero-order valence-electron chi connectivity index (χ0n) is 18.4. The van der Waals surface area contributed by atoms with E-state index in [9.17, 15) is 13.6 Å². The molecule has 0 radical (unpaired) electrons. The zero-order valence-corrected chi connectivity index (χ0v) is 18.4. The van der Waals surface area contributed by atoms with Crippen molar-refractivity contribution >= 4 is 22.8 Å². The van der Waals surface area contributed by atoms with Crippen LogP contribution in [0.2, 0.25) is 0 Å². The molecule has 2 fully saturated rings. The van der Waals surface area contributed by atoms with Crippen molar-refractivity contribution in [3.05, 3.63) is 77.8 Å². The molecule has 0 atom stereocenters. The minimum atomic E-state index is -0.359. The van der Waals surface area contributed by atoms with Crippen LogP contribution in [0.1, 0.15) is 34.9 Å². The number of benzene rings is 2. The number of amides is 1. The van der Waals surface area contributed by atoms with E-state index in [0.29, 0.717) is 43.3 Å². The van der Waals surface area contributed by atoms with Crippen LogP contribution >= 0.6 is 0 Å². The van der Waals surface area contributed by atoms with Gasteiger partial charge in [-0.3, -0.25) is 4.79 Å². The van der Waals surface area contributed by atoms with Gasteiger partial charge in [0.25, 0.3) is 5.91 Å². The first kappa shape index (κ1) is 20.7. The maximum atomic E-state index is 13.4. The van der Waals surface area contributed by atoms with E-state index < -0.39 is 0 Å². The van der Waals surface area contributed by atoms with Crippen molar-refractivity contribution in [2.45, 2.75) is 18.8 Å². The van der Waals surface area contributed by atoms with Crippen molar-refractivity contribution < 1.29 is 13.6 Å². The van der Waals surface area contributed by atoms with Gasteiger partial charge in [-0.25, -0.2) is 23.4 Å². The summed E-state index contributed by atoms with van der Waals surface area (Å²) in [5.41, 5.74) is 1.91. The molecule has 0 N–H and O–H groups in total. The Labute approximate surface area is 194 Å². The highest BCUT2D eigenvalue weighted by molar-refractivity contribution is 5.94. The van der Waals surface area contributed by atoms with Crippen LogP contribution in [0.4, 0.5) is 14.6 Å². The Morgan fingerprint density at radius 2 is 1.50 bits per heavy atom. The molecule has 2 aromatic heterocycles. The van der Waals surface area contributed by atoms with E-state index in [-0.39, 0.29) is 17.5 Å². The van der Waals surface area contributed by atoms with Crippen LogP contribution in [0.15, 0.2) is 54.7 Å². The van der Waals surface area contributed by atoms with E-state index in [1.807, 2.05) is 0 Å². The molecule has 1 amide bonds. The van der Waals surface area contributed by atoms with E-state index in [1.165, 1.54) is 36.4 Å². The molecule has 1 aliphatic heterocycles. The highest BCUT2D eigenvalue weighted by Crippen LogP contribution is 2.40. The summed E-state index contributed by atoms with van der Waals surface area (Å²) in [6.07, 6.45) is 3.88. The number of hydrogen-bond acceptors (Lipinski definition) is 5. The molecule has 0 spiro atoms. The number of anilines is 1. The average Bonchev–Trinajstić information content (AvgIpc) is 3.63. The van der Waals surface area contributed by atoms with E-state index in [1.54, 1.807) is 27.9 Å². The Kier molecular flexibility index (Phi) is 4.97. The summed E-state index contributed by atoms with van der Waals surface area (Å²) >= 11 is 0. The molecular weight excluding hydrogens is 438 g/mol. The van der Waals surface area contributed by atoms with Gasteiger partial charge in [-0.1, -0.05) is 0 Å². The molecule has 4 aromatic rings. The van der Waals surface area contributed by atoms with E-state index in [4.69, 9.17) is 9.97 Å². The summed E-state index contributed by atoms with van der Waals surface area (Å²) in [4.78, 5) is 26.5. The van der Waals surface area contributed by atoms with Gasteiger partial charge in [0.15, 0.2) is 5.65 Å². The highest BCUT2D eigenvalue weighted by Gasteiger charge is 2.31.